The largest absolute Gasteiger partial charge is 0.493 e. The fourth-order valence-electron chi connectivity index (χ4n) is 2.94. The molecule has 0 spiro atoms. The summed E-state index contributed by atoms with van der Waals surface area (Å²) >= 11 is 0. The van der Waals surface area contributed by atoms with Crippen molar-refractivity contribution in [3.8, 4) is 28.6 Å². The van der Waals surface area contributed by atoms with Crippen molar-refractivity contribution in [1.82, 2.24) is 19.6 Å². The molecule has 0 aliphatic rings. The van der Waals surface area contributed by atoms with Crippen LogP contribution in [0.2, 0.25) is 0 Å². The van der Waals surface area contributed by atoms with Crippen LogP contribution in [0.4, 0.5) is 11.6 Å². The first kappa shape index (κ1) is 17.7. The highest BCUT2D eigenvalue weighted by Gasteiger charge is 2.16. The third-order valence-electron chi connectivity index (χ3n) is 4.28. The third kappa shape index (κ3) is 2.96. The Balaban J connectivity index is 1.76. The number of methoxy groups -OCH3 is 3. The predicted octanol–water partition coefficient (Wildman–Crippen LogP) is 3.46. The topological polar surface area (TPSA) is 95.9 Å². The lowest BCUT2D eigenvalue weighted by atomic mass is 10.2. The highest BCUT2D eigenvalue weighted by Crippen LogP contribution is 2.40. The van der Waals surface area contributed by atoms with Gasteiger partial charge < -0.3 is 23.9 Å². The predicted molar refractivity (Wildman–Crippen MR) is 103 cm³/mol. The first-order valence-electron chi connectivity index (χ1n) is 8.46. The Kier molecular flexibility index (Phi) is 4.48. The molecule has 0 aliphatic carbocycles. The molecule has 0 unspecified atom stereocenters. The minimum Gasteiger partial charge on any atom is -0.493 e. The van der Waals surface area contributed by atoms with E-state index in [9.17, 15) is 0 Å². The molecule has 0 aliphatic heterocycles. The molecule has 0 bridgehead atoms. The van der Waals surface area contributed by atoms with E-state index in [-0.39, 0.29) is 0 Å². The van der Waals surface area contributed by atoms with Crippen molar-refractivity contribution < 1.29 is 18.6 Å². The standard InChI is InChI=1S/C19H19N5O4/c1-11-14-9-20-19(23-24(14)18(21-11)12-5-6-28-10-12)22-13-7-15(25-2)17(27-4)16(8-13)26-3/h5-10H,1-4H3,(H,22,23). The second-order valence-electron chi connectivity index (χ2n) is 5.95. The summed E-state index contributed by atoms with van der Waals surface area (Å²) in [7, 11) is 4.69. The zero-order chi connectivity index (χ0) is 19.7. The SMILES string of the molecule is COc1cc(Nc2ncc3c(C)nc(-c4ccoc4)n3n2)cc(OC)c1OC. The van der Waals surface area contributed by atoms with E-state index in [1.54, 1.807) is 56.7 Å². The number of anilines is 2. The van der Waals surface area contributed by atoms with Gasteiger partial charge in [-0.2, -0.15) is 0 Å². The van der Waals surface area contributed by atoms with E-state index in [1.165, 1.54) is 0 Å². The number of benzene rings is 1. The number of ether oxygens (including phenoxy) is 3. The summed E-state index contributed by atoms with van der Waals surface area (Å²) < 4.78 is 23.0. The number of fused-ring (bicyclic) bond motifs is 1. The number of nitrogens with zero attached hydrogens (tertiary/aromatic N) is 4. The normalized spacial score (nSPS) is 10.9. The van der Waals surface area contributed by atoms with Crippen molar-refractivity contribution in [1.29, 1.82) is 0 Å². The lowest BCUT2D eigenvalue weighted by Gasteiger charge is -2.14. The number of nitrogens with one attached hydrogen (secondary N) is 1. The van der Waals surface area contributed by atoms with Crippen molar-refractivity contribution in [2.75, 3.05) is 26.6 Å². The molecular weight excluding hydrogens is 362 g/mol. The third-order valence-corrected chi connectivity index (χ3v) is 4.28. The molecule has 1 aromatic carbocycles. The van der Waals surface area contributed by atoms with Crippen molar-refractivity contribution in [2.45, 2.75) is 6.92 Å². The number of rotatable bonds is 6. The number of aryl methyl sites for hydroxylation is 1. The Morgan fingerprint density at radius 2 is 1.82 bits per heavy atom. The van der Waals surface area contributed by atoms with Crippen LogP contribution >= 0.6 is 0 Å². The zero-order valence-corrected chi connectivity index (χ0v) is 15.9. The number of hydrogen-bond donors (Lipinski definition) is 1. The van der Waals surface area contributed by atoms with Gasteiger partial charge in [0, 0.05) is 17.8 Å². The smallest absolute Gasteiger partial charge is 0.245 e. The molecule has 4 aromatic rings. The molecule has 9 heteroatoms. The van der Waals surface area contributed by atoms with Crippen LogP contribution in [-0.2, 0) is 0 Å². The fourth-order valence-corrected chi connectivity index (χ4v) is 2.94. The van der Waals surface area contributed by atoms with Crippen molar-refractivity contribution in [3.05, 3.63) is 42.6 Å². The van der Waals surface area contributed by atoms with Crippen molar-refractivity contribution >= 4 is 17.2 Å². The summed E-state index contributed by atoms with van der Waals surface area (Å²) in [5.74, 6) is 2.64. The van der Waals surface area contributed by atoms with Gasteiger partial charge >= 0.3 is 0 Å². The molecule has 1 N–H and O–H groups in total. The fraction of sp³-hybridized carbons (Fsp3) is 0.211. The maximum absolute atomic E-state index is 5.39. The molecule has 9 nitrogen and oxygen atoms in total. The average Bonchev–Trinajstić information content (AvgIpc) is 3.35. The van der Waals surface area contributed by atoms with Crippen molar-refractivity contribution in [3.63, 3.8) is 0 Å². The first-order chi connectivity index (χ1) is 13.6. The quantitative estimate of drug-likeness (QED) is 0.542. The molecule has 0 saturated carbocycles. The second-order valence-corrected chi connectivity index (χ2v) is 5.95. The van der Waals surface area contributed by atoms with Gasteiger partial charge in [-0.1, -0.05) is 0 Å². The number of imidazole rings is 1. The first-order valence-corrected chi connectivity index (χ1v) is 8.46. The van der Waals surface area contributed by atoms with E-state index in [4.69, 9.17) is 18.6 Å². The molecule has 0 radical (unpaired) electrons. The summed E-state index contributed by atoms with van der Waals surface area (Å²) in [6.45, 7) is 1.91. The van der Waals surface area contributed by atoms with Crippen LogP contribution in [0.3, 0.4) is 0 Å². The lowest BCUT2D eigenvalue weighted by Crippen LogP contribution is -2.04. The van der Waals surface area contributed by atoms with Gasteiger partial charge in [0.2, 0.25) is 11.7 Å². The Morgan fingerprint density at radius 3 is 2.43 bits per heavy atom. The summed E-state index contributed by atoms with van der Waals surface area (Å²) in [6, 6.07) is 5.40. The summed E-state index contributed by atoms with van der Waals surface area (Å²) in [5.41, 5.74) is 3.17. The Hall–Kier alpha value is -3.75. The van der Waals surface area contributed by atoms with Crippen LogP contribution in [0.25, 0.3) is 16.9 Å². The average molecular weight is 381 g/mol. The minimum atomic E-state index is 0.393. The lowest BCUT2D eigenvalue weighted by molar-refractivity contribution is 0.324. The van der Waals surface area contributed by atoms with E-state index >= 15 is 0 Å². The summed E-state index contributed by atoms with van der Waals surface area (Å²) in [4.78, 5) is 8.97. The summed E-state index contributed by atoms with van der Waals surface area (Å²) in [5, 5.41) is 7.75. The summed E-state index contributed by atoms with van der Waals surface area (Å²) in [6.07, 6.45) is 4.95. The van der Waals surface area contributed by atoms with Gasteiger partial charge in [0.05, 0.1) is 45.0 Å². The molecule has 0 saturated heterocycles. The number of furan rings is 1. The molecule has 4 rings (SSSR count). The van der Waals surface area contributed by atoms with Gasteiger partial charge in [-0.25, -0.2) is 14.5 Å². The van der Waals surface area contributed by atoms with Crippen LogP contribution < -0.4 is 19.5 Å². The van der Waals surface area contributed by atoms with E-state index in [0.717, 1.165) is 16.8 Å². The Morgan fingerprint density at radius 1 is 1.07 bits per heavy atom. The van der Waals surface area contributed by atoms with Crippen LogP contribution in [0.1, 0.15) is 5.69 Å². The molecule has 28 heavy (non-hydrogen) atoms. The molecule has 0 atom stereocenters. The number of hydrogen-bond acceptors (Lipinski definition) is 8. The molecule has 0 fully saturated rings. The minimum absolute atomic E-state index is 0.393. The molecule has 3 aromatic heterocycles. The van der Waals surface area contributed by atoms with Gasteiger partial charge in [0.1, 0.15) is 11.8 Å². The van der Waals surface area contributed by atoms with E-state index in [2.05, 4.69) is 20.4 Å². The maximum Gasteiger partial charge on any atom is 0.245 e. The van der Waals surface area contributed by atoms with Crippen molar-refractivity contribution in [2.24, 2.45) is 0 Å². The van der Waals surface area contributed by atoms with E-state index in [1.807, 2.05) is 13.0 Å². The van der Waals surface area contributed by atoms with Crippen LogP contribution in [0, 0.1) is 6.92 Å². The van der Waals surface area contributed by atoms with Gasteiger partial charge in [-0.15, -0.1) is 5.10 Å². The Bertz CT molecular complexity index is 1100. The monoisotopic (exact) mass is 381 g/mol. The van der Waals surface area contributed by atoms with E-state index < -0.39 is 0 Å². The highest BCUT2D eigenvalue weighted by atomic mass is 16.5. The second kappa shape index (κ2) is 7.10. The maximum atomic E-state index is 5.39. The molecule has 3 heterocycles. The van der Waals surface area contributed by atoms with Gasteiger partial charge in [-0.05, 0) is 13.0 Å². The van der Waals surface area contributed by atoms with Crippen LogP contribution in [0.15, 0.2) is 41.3 Å². The zero-order valence-electron chi connectivity index (χ0n) is 15.9. The molecular formula is C19H19N5O4. The van der Waals surface area contributed by atoms with Crippen LogP contribution in [0.5, 0.6) is 17.2 Å². The van der Waals surface area contributed by atoms with Crippen LogP contribution in [-0.4, -0.2) is 40.9 Å². The molecule has 0 amide bonds. The van der Waals surface area contributed by atoms with Gasteiger partial charge in [-0.3, -0.25) is 0 Å². The highest BCUT2D eigenvalue weighted by molar-refractivity contribution is 5.67. The molecule has 144 valence electrons. The van der Waals surface area contributed by atoms with Gasteiger partial charge in [0.15, 0.2) is 17.3 Å². The Labute approximate surface area is 160 Å². The number of aromatic nitrogens is 4. The van der Waals surface area contributed by atoms with E-state index in [0.29, 0.717) is 34.7 Å². The van der Waals surface area contributed by atoms with Gasteiger partial charge in [0.25, 0.3) is 0 Å².